The number of rotatable bonds is 4. The number of hydrogen-bond donors (Lipinski definition) is 2. The van der Waals surface area contributed by atoms with Gasteiger partial charge in [-0.1, -0.05) is 35.9 Å². The van der Waals surface area contributed by atoms with Crippen LogP contribution in [0.1, 0.15) is 19.8 Å². The lowest BCUT2D eigenvalue weighted by Crippen LogP contribution is -2.22. The monoisotopic (exact) mass is 243 g/mol. The molecule has 0 aliphatic rings. The first kappa shape index (κ1) is 9.65. The molecule has 56 valence electrons. The highest BCUT2D eigenvalue weighted by Crippen LogP contribution is 2.11. The van der Waals surface area contributed by atoms with Gasteiger partial charge in [0.25, 0.3) is 0 Å². The van der Waals surface area contributed by atoms with E-state index in [1.807, 2.05) is 0 Å². The van der Waals surface area contributed by atoms with E-state index in [4.69, 9.17) is 10.8 Å². The van der Waals surface area contributed by atoms with Crippen LogP contribution < -0.4 is 5.73 Å². The van der Waals surface area contributed by atoms with Crippen LogP contribution >= 0.6 is 22.6 Å². The molecule has 0 aliphatic heterocycles. The number of aliphatic hydroxyl groups excluding tert-OH is 1. The van der Waals surface area contributed by atoms with Gasteiger partial charge in [0.05, 0.1) is 0 Å². The molecule has 0 aromatic heterocycles. The van der Waals surface area contributed by atoms with Crippen LogP contribution in [0.25, 0.3) is 0 Å². The molecule has 0 aliphatic carbocycles. The predicted molar refractivity (Wildman–Crippen MR) is 47.5 cm³/mol. The molecular weight excluding hydrogens is 229 g/mol. The number of halogens is 1. The minimum absolute atomic E-state index is 0.589. The van der Waals surface area contributed by atoms with E-state index in [2.05, 4.69) is 29.5 Å². The van der Waals surface area contributed by atoms with Crippen molar-refractivity contribution in [2.45, 2.75) is 26.0 Å². The van der Waals surface area contributed by atoms with E-state index in [0.29, 0.717) is 5.92 Å². The zero-order chi connectivity index (χ0) is 7.28. The van der Waals surface area contributed by atoms with Crippen molar-refractivity contribution in [3.05, 3.63) is 0 Å². The summed E-state index contributed by atoms with van der Waals surface area (Å²) in [4.78, 5) is 0. The third-order valence-electron chi connectivity index (χ3n) is 1.37. The minimum atomic E-state index is -0.621. The van der Waals surface area contributed by atoms with Crippen LogP contribution in [-0.4, -0.2) is 15.8 Å². The Labute approximate surface area is 70.0 Å². The molecular formula is C6H14INO. The van der Waals surface area contributed by atoms with Gasteiger partial charge >= 0.3 is 0 Å². The quantitative estimate of drug-likeness (QED) is 0.441. The van der Waals surface area contributed by atoms with Gasteiger partial charge in [0, 0.05) is 4.43 Å². The third kappa shape index (κ3) is 5.11. The molecule has 2 atom stereocenters. The van der Waals surface area contributed by atoms with Gasteiger partial charge in [0.15, 0.2) is 0 Å². The van der Waals surface area contributed by atoms with Crippen LogP contribution in [-0.2, 0) is 0 Å². The molecule has 3 heteroatoms. The molecule has 0 fully saturated rings. The summed E-state index contributed by atoms with van der Waals surface area (Å²) in [5, 5.41) is 8.76. The molecule has 0 radical (unpaired) electrons. The lowest BCUT2D eigenvalue weighted by atomic mass is 10.1. The second-order valence-electron chi connectivity index (χ2n) is 2.23. The Balaban J connectivity index is 3.31. The second kappa shape index (κ2) is 5.44. The summed E-state index contributed by atoms with van der Waals surface area (Å²) in [5.74, 6) is 0.589. The molecule has 9 heavy (non-hydrogen) atoms. The van der Waals surface area contributed by atoms with Gasteiger partial charge in [-0.2, -0.15) is 0 Å². The lowest BCUT2D eigenvalue weighted by molar-refractivity contribution is 0.153. The van der Waals surface area contributed by atoms with Crippen molar-refractivity contribution in [3.8, 4) is 0 Å². The molecule has 0 saturated heterocycles. The van der Waals surface area contributed by atoms with Gasteiger partial charge in [-0.3, -0.25) is 0 Å². The zero-order valence-electron chi connectivity index (χ0n) is 5.68. The van der Waals surface area contributed by atoms with E-state index in [-0.39, 0.29) is 0 Å². The maximum Gasteiger partial charge on any atom is 0.102 e. The van der Waals surface area contributed by atoms with Gasteiger partial charge in [0.1, 0.15) is 6.23 Å². The summed E-state index contributed by atoms with van der Waals surface area (Å²) in [6.45, 7) is 2.12. The molecule has 2 nitrogen and oxygen atoms in total. The first-order chi connectivity index (χ1) is 4.20. The highest BCUT2D eigenvalue weighted by atomic mass is 127. The number of nitrogens with two attached hydrogens (primary N) is 1. The van der Waals surface area contributed by atoms with Crippen molar-refractivity contribution < 1.29 is 5.11 Å². The van der Waals surface area contributed by atoms with Crippen molar-refractivity contribution >= 4 is 22.6 Å². The van der Waals surface area contributed by atoms with E-state index < -0.39 is 6.23 Å². The number of alkyl halides is 1. The molecule has 0 aromatic carbocycles. The zero-order valence-corrected chi connectivity index (χ0v) is 7.84. The molecule has 0 rings (SSSR count). The Bertz CT molecular complexity index is 64.1. The fourth-order valence-corrected chi connectivity index (χ4v) is 1.66. The number of aliphatic hydroxyl groups is 1. The highest BCUT2D eigenvalue weighted by molar-refractivity contribution is 14.1. The van der Waals surface area contributed by atoms with Crippen molar-refractivity contribution in [2.75, 3.05) is 4.43 Å². The van der Waals surface area contributed by atoms with Gasteiger partial charge < -0.3 is 10.8 Å². The minimum Gasteiger partial charge on any atom is -0.379 e. The average molecular weight is 243 g/mol. The third-order valence-corrected chi connectivity index (χ3v) is 2.62. The van der Waals surface area contributed by atoms with Crippen molar-refractivity contribution in [1.82, 2.24) is 0 Å². The molecule has 1 unspecified atom stereocenters. The van der Waals surface area contributed by atoms with Crippen LogP contribution in [0.2, 0.25) is 0 Å². The summed E-state index contributed by atoms with van der Waals surface area (Å²) >= 11 is 2.32. The maximum atomic E-state index is 8.76. The molecule has 0 amide bonds. The van der Waals surface area contributed by atoms with Crippen LogP contribution in [0, 0.1) is 5.92 Å². The standard InChI is InChI=1S/C6H14INO/c1-2-5(4-7)3-6(8)9/h5-6,9H,2-4,8H2,1H3/t5-,6?/m0/s1. The van der Waals surface area contributed by atoms with Gasteiger partial charge in [-0.05, 0) is 12.3 Å². The van der Waals surface area contributed by atoms with Crippen molar-refractivity contribution in [1.29, 1.82) is 0 Å². The molecule has 0 bridgehead atoms. The summed E-state index contributed by atoms with van der Waals surface area (Å²) in [6.07, 6.45) is 1.22. The van der Waals surface area contributed by atoms with Crippen LogP contribution in [0.4, 0.5) is 0 Å². The van der Waals surface area contributed by atoms with Crippen molar-refractivity contribution in [2.24, 2.45) is 11.7 Å². The summed E-state index contributed by atoms with van der Waals surface area (Å²) in [7, 11) is 0. The summed E-state index contributed by atoms with van der Waals surface area (Å²) in [6, 6.07) is 0. The van der Waals surface area contributed by atoms with Crippen molar-refractivity contribution in [3.63, 3.8) is 0 Å². The Kier molecular flexibility index (Phi) is 5.83. The molecule has 0 saturated carbocycles. The van der Waals surface area contributed by atoms with Gasteiger partial charge in [0.2, 0.25) is 0 Å². The normalized spacial score (nSPS) is 17.3. The second-order valence-corrected chi connectivity index (χ2v) is 3.11. The SMILES string of the molecule is CC[C@H](CI)CC(N)O. The first-order valence-corrected chi connectivity index (χ1v) is 4.72. The van der Waals surface area contributed by atoms with E-state index in [9.17, 15) is 0 Å². The van der Waals surface area contributed by atoms with Crippen LogP contribution in [0.5, 0.6) is 0 Å². The van der Waals surface area contributed by atoms with E-state index >= 15 is 0 Å². The average Bonchev–Trinajstić information content (AvgIpc) is 1.82. The topological polar surface area (TPSA) is 46.2 Å². The molecule has 0 spiro atoms. The summed E-state index contributed by atoms with van der Waals surface area (Å²) in [5.41, 5.74) is 5.20. The Hall–Kier alpha value is 0.650. The molecule has 0 aromatic rings. The predicted octanol–water partition coefficient (Wildman–Crippen LogP) is 1.11. The summed E-state index contributed by atoms with van der Waals surface area (Å²) < 4.78 is 1.09. The fraction of sp³-hybridized carbons (Fsp3) is 1.00. The largest absolute Gasteiger partial charge is 0.379 e. The van der Waals surface area contributed by atoms with Crippen LogP contribution in [0.3, 0.4) is 0 Å². The number of hydrogen-bond acceptors (Lipinski definition) is 2. The van der Waals surface area contributed by atoms with E-state index in [1.54, 1.807) is 0 Å². The smallest absolute Gasteiger partial charge is 0.102 e. The lowest BCUT2D eigenvalue weighted by Gasteiger charge is -2.12. The molecule has 3 N–H and O–H groups in total. The van der Waals surface area contributed by atoms with Crippen LogP contribution in [0.15, 0.2) is 0 Å². The van der Waals surface area contributed by atoms with E-state index in [1.165, 1.54) is 0 Å². The van der Waals surface area contributed by atoms with Gasteiger partial charge in [-0.15, -0.1) is 0 Å². The maximum absolute atomic E-state index is 8.76. The van der Waals surface area contributed by atoms with Gasteiger partial charge in [-0.25, -0.2) is 0 Å². The first-order valence-electron chi connectivity index (χ1n) is 3.20. The molecule has 0 heterocycles. The van der Waals surface area contributed by atoms with E-state index in [0.717, 1.165) is 17.3 Å². The highest BCUT2D eigenvalue weighted by Gasteiger charge is 2.06. The fourth-order valence-electron chi connectivity index (χ4n) is 0.680. The Morgan fingerprint density at radius 2 is 2.22 bits per heavy atom. The Morgan fingerprint density at radius 3 is 2.33 bits per heavy atom. The Morgan fingerprint density at radius 1 is 1.67 bits per heavy atom.